The van der Waals surface area contributed by atoms with Gasteiger partial charge in [0.15, 0.2) is 0 Å². The standard InChI is InChI=1S/C15H18FN3O/c1-4-7-17-15-18-10(2)8-13(19-15)12-9-11(16)5-6-14(12)20-3/h5-6,8-9H,4,7H2,1-3H3,(H,17,18,19). The molecule has 1 aromatic carbocycles. The molecule has 0 aliphatic heterocycles. The van der Waals surface area contributed by atoms with Gasteiger partial charge in [-0.2, -0.15) is 0 Å². The summed E-state index contributed by atoms with van der Waals surface area (Å²) >= 11 is 0. The highest BCUT2D eigenvalue weighted by Crippen LogP contribution is 2.30. The molecule has 0 spiro atoms. The lowest BCUT2D eigenvalue weighted by atomic mass is 10.1. The number of hydrogen-bond acceptors (Lipinski definition) is 4. The molecule has 5 heteroatoms. The highest BCUT2D eigenvalue weighted by atomic mass is 19.1. The van der Waals surface area contributed by atoms with Crippen molar-refractivity contribution in [2.75, 3.05) is 19.0 Å². The number of nitrogens with one attached hydrogen (secondary N) is 1. The summed E-state index contributed by atoms with van der Waals surface area (Å²) in [7, 11) is 1.56. The Bertz CT molecular complexity index is 602. The van der Waals surface area contributed by atoms with Gasteiger partial charge >= 0.3 is 0 Å². The Morgan fingerprint density at radius 3 is 2.75 bits per heavy atom. The minimum atomic E-state index is -0.319. The number of methoxy groups -OCH3 is 1. The van der Waals surface area contributed by atoms with Crippen LogP contribution in [-0.4, -0.2) is 23.6 Å². The smallest absolute Gasteiger partial charge is 0.223 e. The first-order valence-electron chi connectivity index (χ1n) is 6.57. The van der Waals surface area contributed by atoms with Gasteiger partial charge in [0.25, 0.3) is 0 Å². The molecule has 0 radical (unpaired) electrons. The molecule has 2 aromatic rings. The summed E-state index contributed by atoms with van der Waals surface area (Å²) in [4.78, 5) is 8.74. The van der Waals surface area contributed by atoms with E-state index in [2.05, 4.69) is 22.2 Å². The van der Waals surface area contributed by atoms with Crippen LogP contribution in [0.1, 0.15) is 19.0 Å². The van der Waals surface area contributed by atoms with Gasteiger partial charge in [-0.25, -0.2) is 14.4 Å². The van der Waals surface area contributed by atoms with Gasteiger partial charge in [0.05, 0.1) is 12.8 Å². The Labute approximate surface area is 118 Å². The lowest BCUT2D eigenvalue weighted by Crippen LogP contribution is -2.06. The van der Waals surface area contributed by atoms with Gasteiger partial charge in [0.2, 0.25) is 5.95 Å². The van der Waals surface area contributed by atoms with E-state index in [-0.39, 0.29) is 5.82 Å². The number of benzene rings is 1. The molecule has 0 aliphatic rings. The van der Waals surface area contributed by atoms with Crippen molar-refractivity contribution >= 4 is 5.95 Å². The molecule has 0 amide bonds. The van der Waals surface area contributed by atoms with E-state index in [4.69, 9.17) is 4.74 Å². The summed E-state index contributed by atoms with van der Waals surface area (Å²) in [6.07, 6.45) is 0.982. The molecule has 0 bridgehead atoms. The topological polar surface area (TPSA) is 47.0 Å². The van der Waals surface area contributed by atoms with Crippen LogP contribution in [-0.2, 0) is 0 Å². The molecule has 1 heterocycles. The van der Waals surface area contributed by atoms with Crippen molar-refractivity contribution in [1.82, 2.24) is 9.97 Å². The number of halogens is 1. The minimum Gasteiger partial charge on any atom is -0.496 e. The molecule has 0 saturated carbocycles. The van der Waals surface area contributed by atoms with Crippen molar-refractivity contribution in [1.29, 1.82) is 0 Å². The lowest BCUT2D eigenvalue weighted by Gasteiger charge is -2.11. The van der Waals surface area contributed by atoms with Crippen LogP contribution in [0.4, 0.5) is 10.3 Å². The average molecular weight is 275 g/mol. The molecule has 2 rings (SSSR count). The van der Waals surface area contributed by atoms with Crippen molar-refractivity contribution in [3.05, 3.63) is 35.8 Å². The minimum absolute atomic E-state index is 0.319. The van der Waals surface area contributed by atoms with Crippen LogP contribution < -0.4 is 10.1 Å². The first-order valence-corrected chi connectivity index (χ1v) is 6.57. The van der Waals surface area contributed by atoms with Crippen LogP contribution in [0.25, 0.3) is 11.3 Å². The van der Waals surface area contributed by atoms with Crippen molar-refractivity contribution < 1.29 is 9.13 Å². The van der Waals surface area contributed by atoms with E-state index >= 15 is 0 Å². The number of aromatic nitrogens is 2. The van der Waals surface area contributed by atoms with Crippen LogP contribution in [0, 0.1) is 12.7 Å². The second kappa shape index (κ2) is 6.32. The third-order valence-corrected chi connectivity index (χ3v) is 2.82. The first-order chi connectivity index (χ1) is 9.63. The second-order valence-corrected chi connectivity index (χ2v) is 4.49. The molecule has 0 fully saturated rings. The summed E-state index contributed by atoms with van der Waals surface area (Å²) in [6, 6.07) is 6.20. The van der Waals surface area contributed by atoms with Crippen LogP contribution in [0.5, 0.6) is 5.75 Å². The van der Waals surface area contributed by atoms with Crippen molar-refractivity contribution in [2.45, 2.75) is 20.3 Å². The van der Waals surface area contributed by atoms with Crippen LogP contribution in [0.15, 0.2) is 24.3 Å². The number of aryl methyl sites for hydroxylation is 1. The molecule has 106 valence electrons. The normalized spacial score (nSPS) is 10.4. The maximum Gasteiger partial charge on any atom is 0.223 e. The number of ether oxygens (including phenoxy) is 1. The summed E-state index contributed by atoms with van der Waals surface area (Å²) < 4.78 is 18.7. The maximum absolute atomic E-state index is 13.5. The molecule has 1 N–H and O–H groups in total. The average Bonchev–Trinajstić information content (AvgIpc) is 2.44. The van der Waals surface area contributed by atoms with Gasteiger partial charge in [-0.1, -0.05) is 6.92 Å². The Morgan fingerprint density at radius 1 is 1.25 bits per heavy atom. The quantitative estimate of drug-likeness (QED) is 0.908. The second-order valence-electron chi connectivity index (χ2n) is 4.49. The SMILES string of the molecule is CCCNc1nc(C)cc(-c2cc(F)ccc2OC)n1. The van der Waals surface area contributed by atoms with E-state index in [1.165, 1.54) is 12.1 Å². The lowest BCUT2D eigenvalue weighted by molar-refractivity contribution is 0.415. The Hall–Kier alpha value is -2.17. The summed E-state index contributed by atoms with van der Waals surface area (Å²) in [5.74, 6) is 0.819. The molecule has 0 aliphatic carbocycles. The van der Waals surface area contributed by atoms with Gasteiger partial charge in [-0.3, -0.25) is 0 Å². The molecule has 1 aromatic heterocycles. The highest BCUT2D eigenvalue weighted by Gasteiger charge is 2.11. The molecular weight excluding hydrogens is 257 g/mol. The number of nitrogens with zero attached hydrogens (tertiary/aromatic N) is 2. The molecular formula is C15H18FN3O. The predicted molar refractivity (Wildman–Crippen MR) is 77.5 cm³/mol. The van der Waals surface area contributed by atoms with E-state index < -0.39 is 0 Å². The zero-order valence-corrected chi connectivity index (χ0v) is 11.9. The van der Waals surface area contributed by atoms with Gasteiger partial charge in [-0.05, 0) is 37.6 Å². The fourth-order valence-corrected chi connectivity index (χ4v) is 1.90. The summed E-state index contributed by atoms with van der Waals surface area (Å²) in [6.45, 7) is 4.75. The Morgan fingerprint density at radius 2 is 2.05 bits per heavy atom. The Kier molecular flexibility index (Phi) is 4.50. The van der Waals surface area contributed by atoms with E-state index in [0.29, 0.717) is 23.0 Å². The monoisotopic (exact) mass is 275 g/mol. The first kappa shape index (κ1) is 14.2. The van der Waals surface area contributed by atoms with Crippen molar-refractivity contribution in [2.24, 2.45) is 0 Å². The van der Waals surface area contributed by atoms with Gasteiger partial charge in [0.1, 0.15) is 11.6 Å². The van der Waals surface area contributed by atoms with Crippen LogP contribution in [0.3, 0.4) is 0 Å². The Balaban J connectivity index is 2.46. The molecule has 0 saturated heterocycles. The fraction of sp³-hybridized carbons (Fsp3) is 0.333. The maximum atomic E-state index is 13.5. The molecule has 20 heavy (non-hydrogen) atoms. The zero-order valence-electron chi connectivity index (χ0n) is 11.9. The van der Waals surface area contributed by atoms with Gasteiger partial charge in [0, 0.05) is 17.8 Å². The molecule has 4 nitrogen and oxygen atoms in total. The third-order valence-electron chi connectivity index (χ3n) is 2.82. The number of anilines is 1. The van der Waals surface area contributed by atoms with Crippen molar-refractivity contribution in [3.63, 3.8) is 0 Å². The van der Waals surface area contributed by atoms with E-state index in [1.54, 1.807) is 13.2 Å². The zero-order chi connectivity index (χ0) is 14.5. The van der Waals surface area contributed by atoms with Gasteiger partial charge < -0.3 is 10.1 Å². The number of hydrogen-bond donors (Lipinski definition) is 1. The highest BCUT2D eigenvalue weighted by molar-refractivity contribution is 5.68. The predicted octanol–water partition coefficient (Wildman–Crippen LogP) is 3.42. The van der Waals surface area contributed by atoms with E-state index in [0.717, 1.165) is 18.7 Å². The van der Waals surface area contributed by atoms with Crippen molar-refractivity contribution in [3.8, 4) is 17.0 Å². The van der Waals surface area contributed by atoms with Gasteiger partial charge in [-0.15, -0.1) is 0 Å². The van der Waals surface area contributed by atoms with Crippen LogP contribution >= 0.6 is 0 Å². The molecule has 0 unspecified atom stereocenters. The number of rotatable bonds is 5. The summed E-state index contributed by atoms with van der Waals surface area (Å²) in [5.41, 5.74) is 2.09. The van der Waals surface area contributed by atoms with E-state index in [9.17, 15) is 4.39 Å². The van der Waals surface area contributed by atoms with E-state index in [1.807, 2.05) is 13.0 Å². The summed E-state index contributed by atoms with van der Waals surface area (Å²) in [5, 5.41) is 3.14. The third kappa shape index (κ3) is 3.23. The largest absolute Gasteiger partial charge is 0.496 e. The van der Waals surface area contributed by atoms with Crippen LogP contribution in [0.2, 0.25) is 0 Å². The fourth-order valence-electron chi connectivity index (χ4n) is 1.90. The molecule has 0 atom stereocenters.